The molecule has 2 aromatic carbocycles. The van der Waals surface area contributed by atoms with Gasteiger partial charge in [0.2, 0.25) is 5.91 Å². The third kappa shape index (κ3) is 5.79. The lowest BCUT2D eigenvalue weighted by Gasteiger charge is -2.22. The molecule has 1 amide bonds. The molecule has 0 bridgehead atoms. The number of anilines is 1. The number of rotatable bonds is 9. The highest BCUT2D eigenvalue weighted by Crippen LogP contribution is 2.27. The number of amides is 1. The lowest BCUT2D eigenvalue weighted by Crippen LogP contribution is -2.33. The maximum atomic E-state index is 13.2. The number of fused-ring (bicyclic) bond motifs is 1. The normalized spacial score (nSPS) is 10.9. The second kappa shape index (κ2) is 10.7. The zero-order chi connectivity index (χ0) is 22.4. The number of halogens is 1. The molecule has 0 spiro atoms. The zero-order valence-corrected chi connectivity index (χ0v) is 19.5. The van der Waals surface area contributed by atoms with Crippen molar-refractivity contribution in [2.45, 2.75) is 32.0 Å². The minimum absolute atomic E-state index is 0.0615. The number of carbonyl (C=O) groups excluding carboxylic acids is 1. The van der Waals surface area contributed by atoms with Crippen LogP contribution in [0.1, 0.15) is 17.5 Å². The van der Waals surface area contributed by atoms with Crippen LogP contribution in [0.5, 0.6) is 0 Å². The van der Waals surface area contributed by atoms with Crippen LogP contribution >= 0.6 is 23.4 Å². The van der Waals surface area contributed by atoms with Gasteiger partial charge in [0.1, 0.15) is 0 Å². The summed E-state index contributed by atoms with van der Waals surface area (Å²) in [7, 11) is 1.66. The first-order valence-corrected chi connectivity index (χ1v) is 11.3. The second-order valence-corrected chi connectivity index (χ2v) is 8.64. The Morgan fingerprint density at radius 2 is 2.00 bits per heavy atom. The molecule has 3 aromatic rings. The summed E-state index contributed by atoms with van der Waals surface area (Å²) in [4.78, 5) is 19.5. The molecule has 0 radical (unpaired) electrons. The Morgan fingerprint density at radius 3 is 2.68 bits per heavy atom. The lowest BCUT2D eigenvalue weighted by atomic mass is 10.1. The number of ether oxygens (including phenoxy) is 1. The molecular formula is C23H25ClN4O2S. The molecule has 3 rings (SSSR count). The molecule has 0 fully saturated rings. The summed E-state index contributed by atoms with van der Waals surface area (Å²) in [5, 5.41) is 10.4. The third-order valence-electron chi connectivity index (χ3n) is 4.79. The zero-order valence-electron chi connectivity index (χ0n) is 17.9. The molecule has 1 heterocycles. The molecule has 0 N–H and O–H groups in total. The van der Waals surface area contributed by atoms with Crippen molar-refractivity contribution in [3.05, 3.63) is 52.5 Å². The van der Waals surface area contributed by atoms with Gasteiger partial charge in [0.15, 0.2) is 5.16 Å². The lowest BCUT2D eigenvalue weighted by molar-refractivity contribution is -0.116. The predicted molar refractivity (Wildman–Crippen MR) is 126 cm³/mol. The molecule has 0 unspecified atom stereocenters. The minimum Gasteiger partial charge on any atom is -0.383 e. The summed E-state index contributed by atoms with van der Waals surface area (Å²) in [5.41, 5.74) is 4.71. The SMILES string of the molecule is COCCn1c(SCC(=O)N(CCC#N)c2cc(C)cc(C)c2)nc2cc(Cl)ccc21. The Kier molecular flexibility index (Phi) is 7.97. The Hall–Kier alpha value is -2.53. The topological polar surface area (TPSA) is 71.2 Å². The van der Waals surface area contributed by atoms with Crippen molar-refractivity contribution in [3.8, 4) is 6.07 Å². The third-order valence-corrected chi connectivity index (χ3v) is 5.98. The smallest absolute Gasteiger partial charge is 0.237 e. The van der Waals surface area contributed by atoms with Gasteiger partial charge in [-0.2, -0.15) is 5.26 Å². The first-order chi connectivity index (χ1) is 14.9. The fraction of sp³-hybridized carbons (Fsp3) is 0.348. The quantitative estimate of drug-likeness (QED) is 0.424. The van der Waals surface area contributed by atoms with Crippen LogP contribution in [0, 0.1) is 25.2 Å². The monoisotopic (exact) mass is 456 g/mol. The van der Waals surface area contributed by atoms with Gasteiger partial charge in [-0.3, -0.25) is 4.79 Å². The van der Waals surface area contributed by atoms with E-state index >= 15 is 0 Å². The molecule has 6 nitrogen and oxygen atoms in total. The first kappa shape index (κ1) is 23.1. The van der Waals surface area contributed by atoms with Gasteiger partial charge in [-0.15, -0.1) is 0 Å². The van der Waals surface area contributed by atoms with Crippen molar-refractivity contribution in [1.29, 1.82) is 5.26 Å². The van der Waals surface area contributed by atoms with Crippen molar-refractivity contribution in [3.63, 3.8) is 0 Å². The van der Waals surface area contributed by atoms with Crippen LogP contribution in [0.2, 0.25) is 5.02 Å². The summed E-state index contributed by atoms with van der Waals surface area (Å²) in [6.07, 6.45) is 0.272. The molecule has 0 aliphatic carbocycles. The van der Waals surface area contributed by atoms with Gasteiger partial charge in [0, 0.05) is 30.9 Å². The highest BCUT2D eigenvalue weighted by molar-refractivity contribution is 7.99. The van der Waals surface area contributed by atoms with Crippen LogP contribution in [0.15, 0.2) is 41.6 Å². The number of nitrogens with zero attached hydrogens (tertiary/aromatic N) is 4. The predicted octanol–water partition coefficient (Wildman–Crippen LogP) is 4.99. The molecule has 8 heteroatoms. The van der Waals surface area contributed by atoms with Crippen molar-refractivity contribution < 1.29 is 9.53 Å². The summed E-state index contributed by atoms with van der Waals surface area (Å²) in [6.45, 7) is 5.52. The molecule has 1 aromatic heterocycles. The van der Waals surface area contributed by atoms with E-state index in [1.54, 1.807) is 12.0 Å². The highest BCUT2D eigenvalue weighted by atomic mass is 35.5. The summed E-state index contributed by atoms with van der Waals surface area (Å²) in [6, 6.07) is 13.7. The van der Waals surface area contributed by atoms with Gasteiger partial charge in [-0.1, -0.05) is 29.4 Å². The van der Waals surface area contributed by atoms with Gasteiger partial charge in [0.25, 0.3) is 0 Å². The van der Waals surface area contributed by atoms with Crippen LogP contribution in [0.4, 0.5) is 5.69 Å². The van der Waals surface area contributed by atoms with E-state index in [1.165, 1.54) is 11.8 Å². The van der Waals surface area contributed by atoms with Crippen molar-refractivity contribution >= 4 is 46.0 Å². The van der Waals surface area contributed by atoms with E-state index in [1.807, 2.05) is 48.7 Å². The molecule has 0 aliphatic heterocycles. The number of nitriles is 1. The van der Waals surface area contributed by atoms with E-state index in [-0.39, 0.29) is 18.1 Å². The van der Waals surface area contributed by atoms with Crippen molar-refractivity contribution in [2.75, 3.05) is 30.9 Å². The fourth-order valence-electron chi connectivity index (χ4n) is 3.46. The summed E-state index contributed by atoms with van der Waals surface area (Å²) < 4.78 is 7.29. The van der Waals surface area contributed by atoms with Gasteiger partial charge in [-0.05, 0) is 55.3 Å². The number of methoxy groups -OCH3 is 1. The summed E-state index contributed by atoms with van der Waals surface area (Å²) >= 11 is 7.51. The van der Waals surface area contributed by atoms with E-state index in [0.29, 0.717) is 24.7 Å². The number of aryl methyl sites for hydroxylation is 2. The van der Waals surface area contributed by atoms with Gasteiger partial charge in [-0.25, -0.2) is 4.98 Å². The Morgan fingerprint density at radius 1 is 1.26 bits per heavy atom. The van der Waals surface area contributed by atoms with E-state index in [9.17, 15) is 4.79 Å². The molecular weight excluding hydrogens is 432 g/mol. The van der Waals surface area contributed by atoms with E-state index < -0.39 is 0 Å². The molecule has 31 heavy (non-hydrogen) atoms. The van der Waals surface area contributed by atoms with Crippen molar-refractivity contribution in [1.82, 2.24) is 9.55 Å². The molecule has 0 aliphatic rings. The van der Waals surface area contributed by atoms with Gasteiger partial charge < -0.3 is 14.2 Å². The Bertz CT molecular complexity index is 1100. The van der Waals surface area contributed by atoms with E-state index in [4.69, 9.17) is 21.6 Å². The summed E-state index contributed by atoms with van der Waals surface area (Å²) in [5.74, 6) is 0.149. The number of thioether (sulfide) groups is 1. The molecule has 162 valence electrons. The molecule has 0 atom stereocenters. The van der Waals surface area contributed by atoms with Crippen LogP contribution in [-0.2, 0) is 16.1 Å². The fourth-order valence-corrected chi connectivity index (χ4v) is 4.54. The number of benzene rings is 2. The minimum atomic E-state index is -0.0615. The number of carbonyl (C=O) groups is 1. The number of imidazole rings is 1. The van der Waals surface area contributed by atoms with Crippen LogP contribution in [0.25, 0.3) is 11.0 Å². The number of aromatic nitrogens is 2. The maximum Gasteiger partial charge on any atom is 0.237 e. The average Bonchev–Trinajstić information content (AvgIpc) is 3.06. The standard InChI is InChI=1S/C23H25ClN4O2S/c1-16-11-17(2)13-19(12-16)27(8-4-7-25)22(29)15-31-23-26-20-14-18(24)5-6-21(20)28(23)9-10-30-3/h5-6,11-14H,4,8-10,15H2,1-3H3. The Labute approximate surface area is 191 Å². The maximum absolute atomic E-state index is 13.2. The van der Waals surface area contributed by atoms with E-state index in [2.05, 4.69) is 17.1 Å². The van der Waals surface area contributed by atoms with Gasteiger partial charge in [0.05, 0.1) is 35.9 Å². The molecule has 0 saturated heterocycles. The second-order valence-electron chi connectivity index (χ2n) is 7.26. The van der Waals surface area contributed by atoms with Crippen LogP contribution in [-0.4, -0.2) is 41.5 Å². The largest absolute Gasteiger partial charge is 0.383 e. The first-order valence-electron chi connectivity index (χ1n) is 9.96. The van der Waals surface area contributed by atoms with Crippen LogP contribution in [0.3, 0.4) is 0 Å². The average molecular weight is 457 g/mol. The number of hydrogen-bond acceptors (Lipinski definition) is 5. The number of hydrogen-bond donors (Lipinski definition) is 0. The highest BCUT2D eigenvalue weighted by Gasteiger charge is 2.19. The van der Waals surface area contributed by atoms with Gasteiger partial charge >= 0.3 is 0 Å². The van der Waals surface area contributed by atoms with Crippen molar-refractivity contribution in [2.24, 2.45) is 0 Å². The molecule has 0 saturated carbocycles. The van der Waals surface area contributed by atoms with E-state index in [0.717, 1.165) is 33.0 Å². The Balaban J connectivity index is 1.84. The van der Waals surface area contributed by atoms with Crippen LogP contribution < -0.4 is 4.90 Å².